The third-order valence-electron chi connectivity index (χ3n) is 4.99. The van der Waals surface area contributed by atoms with E-state index in [9.17, 15) is 4.79 Å². The molecule has 1 aliphatic carbocycles. The summed E-state index contributed by atoms with van der Waals surface area (Å²) in [6.45, 7) is 1.26. The first-order valence-corrected chi connectivity index (χ1v) is 9.50. The molecule has 2 aliphatic rings. The maximum atomic E-state index is 12.1. The molecule has 146 valence electrons. The Bertz CT molecular complexity index is 1150. The second-order valence-electron chi connectivity index (χ2n) is 7.14. The molecular weight excluding hydrogens is 370 g/mol. The van der Waals surface area contributed by atoms with E-state index in [4.69, 9.17) is 4.74 Å². The zero-order valence-corrected chi connectivity index (χ0v) is 15.8. The summed E-state index contributed by atoms with van der Waals surface area (Å²) in [5.41, 5.74) is 1.31. The second-order valence-corrected chi connectivity index (χ2v) is 7.14. The van der Waals surface area contributed by atoms with E-state index >= 15 is 0 Å². The monoisotopic (exact) mass is 389 g/mol. The van der Waals surface area contributed by atoms with Crippen LogP contribution in [0.15, 0.2) is 24.7 Å². The summed E-state index contributed by atoms with van der Waals surface area (Å²) in [7, 11) is 1.80. The number of fused-ring (bicyclic) bond motifs is 1. The van der Waals surface area contributed by atoms with E-state index in [1.807, 2.05) is 6.07 Å². The Labute approximate surface area is 166 Å². The molecule has 2 N–H and O–H groups in total. The number of nitrogens with one attached hydrogen (secondary N) is 2. The quantitative estimate of drug-likeness (QED) is 0.653. The number of carbonyl (C=O) groups excluding carboxylic acids is 1. The van der Waals surface area contributed by atoms with E-state index in [1.165, 1.54) is 0 Å². The minimum atomic E-state index is 0.0176. The molecular formula is C20H19N7O2. The van der Waals surface area contributed by atoms with Gasteiger partial charge in [-0.1, -0.05) is 5.92 Å². The van der Waals surface area contributed by atoms with Crippen LogP contribution in [0.5, 0.6) is 0 Å². The van der Waals surface area contributed by atoms with E-state index in [0.717, 1.165) is 29.2 Å². The number of hydrogen-bond acceptors (Lipinski definition) is 7. The van der Waals surface area contributed by atoms with Gasteiger partial charge in [0, 0.05) is 36.1 Å². The Morgan fingerprint density at radius 3 is 2.76 bits per heavy atom. The average Bonchev–Trinajstić information content (AvgIpc) is 3.45. The summed E-state index contributed by atoms with van der Waals surface area (Å²) in [4.78, 5) is 22.5. The molecule has 1 aliphatic heterocycles. The number of aromatic nitrogens is 5. The lowest BCUT2D eigenvalue weighted by molar-refractivity contribution is -0.117. The highest BCUT2D eigenvalue weighted by Gasteiger charge is 2.29. The highest BCUT2D eigenvalue weighted by molar-refractivity contribution is 5.99. The topological polar surface area (TPSA) is 107 Å². The molecule has 5 rings (SSSR count). The van der Waals surface area contributed by atoms with Gasteiger partial charge in [0.25, 0.3) is 0 Å². The van der Waals surface area contributed by atoms with E-state index in [1.54, 1.807) is 30.4 Å². The number of rotatable bonds is 4. The van der Waals surface area contributed by atoms with E-state index < -0.39 is 0 Å². The molecule has 29 heavy (non-hydrogen) atoms. The van der Waals surface area contributed by atoms with Crippen LogP contribution in [-0.2, 0) is 9.53 Å². The van der Waals surface area contributed by atoms with Crippen molar-refractivity contribution in [3.8, 4) is 11.8 Å². The van der Waals surface area contributed by atoms with Crippen molar-refractivity contribution in [1.29, 1.82) is 0 Å². The van der Waals surface area contributed by atoms with Crippen LogP contribution in [0.25, 0.3) is 10.8 Å². The SMILES string of the molecule is CNc1ncc(C#Cc2cnn(C3COC3)n2)c2cc(NC(=O)C3CC3)ncc12. The van der Waals surface area contributed by atoms with Crippen LogP contribution in [0, 0.1) is 17.8 Å². The van der Waals surface area contributed by atoms with Gasteiger partial charge in [-0.2, -0.15) is 9.90 Å². The highest BCUT2D eigenvalue weighted by Crippen LogP contribution is 2.31. The fraction of sp³-hybridized carbons (Fsp3) is 0.350. The Hall–Kier alpha value is -3.51. The summed E-state index contributed by atoms with van der Waals surface area (Å²) in [5.74, 6) is 7.53. The number of amides is 1. The minimum Gasteiger partial charge on any atom is -0.377 e. The summed E-state index contributed by atoms with van der Waals surface area (Å²) >= 11 is 0. The third kappa shape index (κ3) is 3.50. The van der Waals surface area contributed by atoms with Gasteiger partial charge >= 0.3 is 0 Å². The van der Waals surface area contributed by atoms with Crippen molar-refractivity contribution in [3.05, 3.63) is 35.9 Å². The number of hydrogen-bond donors (Lipinski definition) is 2. The lowest BCUT2D eigenvalue weighted by Crippen LogP contribution is -2.32. The minimum absolute atomic E-state index is 0.0176. The van der Waals surface area contributed by atoms with Crippen LogP contribution in [0.2, 0.25) is 0 Å². The molecule has 3 aromatic rings. The van der Waals surface area contributed by atoms with Crippen LogP contribution >= 0.6 is 0 Å². The molecule has 1 amide bonds. The molecule has 9 heteroatoms. The smallest absolute Gasteiger partial charge is 0.228 e. The van der Waals surface area contributed by atoms with E-state index in [2.05, 4.69) is 42.6 Å². The molecule has 9 nitrogen and oxygen atoms in total. The Kier molecular flexibility index (Phi) is 4.33. The first-order chi connectivity index (χ1) is 14.2. The van der Waals surface area contributed by atoms with Gasteiger partial charge in [-0.25, -0.2) is 9.97 Å². The molecule has 2 fully saturated rings. The summed E-state index contributed by atoms with van der Waals surface area (Å²) < 4.78 is 5.17. The highest BCUT2D eigenvalue weighted by atomic mass is 16.5. The van der Waals surface area contributed by atoms with Crippen molar-refractivity contribution in [2.75, 3.05) is 30.9 Å². The van der Waals surface area contributed by atoms with Gasteiger partial charge in [0.1, 0.15) is 17.7 Å². The molecule has 0 spiro atoms. The van der Waals surface area contributed by atoms with Gasteiger partial charge < -0.3 is 15.4 Å². The number of ether oxygens (including phenoxy) is 1. The molecule has 4 heterocycles. The number of anilines is 2. The maximum Gasteiger partial charge on any atom is 0.228 e. The number of pyridine rings is 2. The van der Waals surface area contributed by atoms with E-state index in [0.29, 0.717) is 30.5 Å². The molecule has 0 bridgehead atoms. The molecule has 0 unspecified atom stereocenters. The fourth-order valence-electron chi connectivity index (χ4n) is 3.07. The van der Waals surface area contributed by atoms with Crippen LogP contribution in [0.1, 0.15) is 30.1 Å². The van der Waals surface area contributed by atoms with Gasteiger partial charge in [0.15, 0.2) is 5.69 Å². The van der Waals surface area contributed by atoms with Crippen LogP contribution < -0.4 is 10.6 Å². The lowest BCUT2D eigenvalue weighted by atomic mass is 10.1. The Morgan fingerprint density at radius 2 is 2.03 bits per heavy atom. The number of carbonyl (C=O) groups is 1. The van der Waals surface area contributed by atoms with Crippen molar-refractivity contribution in [2.45, 2.75) is 18.9 Å². The van der Waals surface area contributed by atoms with Gasteiger partial charge in [0.05, 0.1) is 25.0 Å². The summed E-state index contributed by atoms with van der Waals surface area (Å²) in [6, 6.07) is 2.02. The van der Waals surface area contributed by atoms with Crippen molar-refractivity contribution in [3.63, 3.8) is 0 Å². The van der Waals surface area contributed by atoms with Crippen LogP contribution in [0.4, 0.5) is 11.6 Å². The third-order valence-corrected chi connectivity index (χ3v) is 4.99. The molecule has 1 saturated heterocycles. The van der Waals surface area contributed by atoms with Crippen LogP contribution in [-0.4, -0.2) is 51.1 Å². The molecule has 0 radical (unpaired) electrons. The van der Waals surface area contributed by atoms with Crippen LogP contribution in [0.3, 0.4) is 0 Å². The van der Waals surface area contributed by atoms with Gasteiger partial charge in [-0.3, -0.25) is 4.79 Å². The lowest BCUT2D eigenvalue weighted by Gasteiger charge is -2.24. The molecule has 1 saturated carbocycles. The van der Waals surface area contributed by atoms with E-state index in [-0.39, 0.29) is 17.9 Å². The summed E-state index contributed by atoms with van der Waals surface area (Å²) in [6.07, 6.45) is 6.94. The first kappa shape index (κ1) is 17.6. The molecule has 0 atom stereocenters. The standard InChI is InChI=1S/C20H19N7O2/c1-21-19-17-9-22-18(25-20(28)12-2-3-12)6-16(17)13(7-23-19)4-5-14-8-24-27(26-14)15-10-29-11-15/h6-9,12,15H,2-3,10-11H2,1H3,(H,21,23)(H,22,25,28). The Morgan fingerprint density at radius 1 is 1.17 bits per heavy atom. The largest absolute Gasteiger partial charge is 0.377 e. The van der Waals surface area contributed by atoms with Crippen molar-refractivity contribution in [1.82, 2.24) is 25.0 Å². The predicted octanol–water partition coefficient (Wildman–Crippen LogP) is 1.58. The Balaban J connectivity index is 1.48. The summed E-state index contributed by atoms with van der Waals surface area (Å²) in [5, 5.41) is 16.3. The average molecular weight is 389 g/mol. The zero-order chi connectivity index (χ0) is 19.8. The second kappa shape index (κ2) is 7.14. The first-order valence-electron chi connectivity index (χ1n) is 9.50. The molecule has 0 aromatic carbocycles. The maximum absolute atomic E-state index is 12.1. The van der Waals surface area contributed by atoms with Gasteiger partial charge in [-0.15, -0.1) is 5.10 Å². The molecule has 3 aromatic heterocycles. The van der Waals surface area contributed by atoms with Gasteiger partial charge in [-0.05, 0) is 24.8 Å². The van der Waals surface area contributed by atoms with Crippen molar-refractivity contribution >= 4 is 28.3 Å². The normalized spacial score (nSPS) is 16.0. The predicted molar refractivity (Wildman–Crippen MR) is 106 cm³/mol. The van der Waals surface area contributed by atoms with Gasteiger partial charge in [0.2, 0.25) is 5.91 Å². The zero-order valence-electron chi connectivity index (χ0n) is 15.8. The van der Waals surface area contributed by atoms with Crippen molar-refractivity contribution in [2.24, 2.45) is 5.92 Å². The number of nitrogens with zero attached hydrogens (tertiary/aromatic N) is 5. The fourth-order valence-corrected chi connectivity index (χ4v) is 3.07. The van der Waals surface area contributed by atoms with Crippen molar-refractivity contribution < 1.29 is 9.53 Å².